The van der Waals surface area contributed by atoms with Crippen molar-refractivity contribution >= 4 is 22.7 Å². The highest BCUT2D eigenvalue weighted by atomic mass is 35.5. The van der Waals surface area contributed by atoms with Crippen LogP contribution in [0, 0.1) is 0 Å². The number of nitrogens with two attached hydrogens (primary N) is 1. The van der Waals surface area contributed by atoms with Gasteiger partial charge in [0.25, 0.3) is 5.91 Å². The Hall–Kier alpha value is -1.35. The number of carbonyl (C=O) groups excluding carboxylic acids is 1. The van der Waals surface area contributed by atoms with Crippen molar-refractivity contribution in [3.8, 4) is 0 Å². The van der Waals surface area contributed by atoms with Gasteiger partial charge in [0.15, 0.2) is 5.70 Å². The lowest BCUT2D eigenvalue weighted by molar-refractivity contribution is -0.117. The lowest BCUT2D eigenvalue weighted by Crippen LogP contribution is -2.56. The first-order valence-electron chi connectivity index (χ1n) is 10.2. The van der Waals surface area contributed by atoms with Crippen molar-refractivity contribution in [1.29, 1.82) is 0 Å². The number of rotatable bonds is 8. The topological polar surface area (TPSA) is 89.2 Å². The predicted molar refractivity (Wildman–Crippen MR) is 115 cm³/mol. The van der Waals surface area contributed by atoms with Gasteiger partial charge in [0.2, 0.25) is 0 Å². The number of halogens is 1. The molecule has 0 aromatic heterocycles. The van der Waals surface area contributed by atoms with Crippen LogP contribution in [0.2, 0.25) is 0 Å². The van der Waals surface area contributed by atoms with Crippen LogP contribution in [0.1, 0.15) is 33.1 Å². The number of amides is 1. The third-order valence-corrected chi connectivity index (χ3v) is 6.20. The molecule has 1 amide bonds. The van der Waals surface area contributed by atoms with E-state index < -0.39 is 0 Å². The van der Waals surface area contributed by atoms with Gasteiger partial charge in [-0.1, -0.05) is 25.4 Å². The standard InChI is InChI=1S/C19H36ClN7O/c1-6-13(27(7-2)14-8-10-25(4)11-9-14)12-23-18-16(20)24-15(19(28)22-3)17(21)26(18)5/h13-14,18,23H,6-12,21H2,1-5H3,(H,22,28). The minimum Gasteiger partial charge on any atom is -0.383 e. The molecule has 0 saturated carbocycles. The minimum atomic E-state index is -0.341. The fraction of sp³-hybridized carbons (Fsp3) is 0.789. The van der Waals surface area contributed by atoms with Gasteiger partial charge in [-0.25, -0.2) is 4.99 Å². The molecule has 1 saturated heterocycles. The number of likely N-dealkylation sites (N-methyl/N-ethyl adjacent to an activating group) is 2. The molecule has 1 fully saturated rings. The van der Waals surface area contributed by atoms with Gasteiger partial charge in [0, 0.05) is 32.7 Å². The Kier molecular flexibility index (Phi) is 8.55. The van der Waals surface area contributed by atoms with E-state index in [1.807, 2.05) is 7.05 Å². The molecule has 0 spiro atoms. The Morgan fingerprint density at radius 1 is 1.36 bits per heavy atom. The molecule has 2 aliphatic heterocycles. The van der Waals surface area contributed by atoms with E-state index in [1.54, 1.807) is 11.9 Å². The zero-order chi connectivity index (χ0) is 20.8. The van der Waals surface area contributed by atoms with Crippen molar-refractivity contribution in [2.75, 3.05) is 47.3 Å². The van der Waals surface area contributed by atoms with Crippen LogP contribution in [0.3, 0.4) is 0 Å². The van der Waals surface area contributed by atoms with Crippen LogP contribution < -0.4 is 16.4 Å². The van der Waals surface area contributed by atoms with Crippen molar-refractivity contribution < 1.29 is 4.79 Å². The number of likely N-dealkylation sites (tertiary alicyclic amines) is 1. The van der Waals surface area contributed by atoms with Gasteiger partial charge < -0.3 is 20.9 Å². The molecule has 0 aromatic carbocycles. The average Bonchev–Trinajstić information content (AvgIpc) is 2.70. The van der Waals surface area contributed by atoms with Crippen LogP contribution in [0.25, 0.3) is 0 Å². The third kappa shape index (κ3) is 5.17. The molecule has 0 radical (unpaired) electrons. The normalized spacial score (nSPS) is 23.2. The fourth-order valence-corrected chi connectivity index (χ4v) is 4.39. The van der Waals surface area contributed by atoms with Crippen molar-refractivity contribution in [1.82, 2.24) is 25.3 Å². The summed E-state index contributed by atoms with van der Waals surface area (Å²) in [6.45, 7) is 8.57. The van der Waals surface area contributed by atoms with Gasteiger partial charge in [0.1, 0.15) is 17.2 Å². The quantitative estimate of drug-likeness (QED) is 0.538. The van der Waals surface area contributed by atoms with Gasteiger partial charge >= 0.3 is 0 Å². The molecule has 28 heavy (non-hydrogen) atoms. The Morgan fingerprint density at radius 2 is 2.00 bits per heavy atom. The Labute approximate surface area is 174 Å². The molecule has 2 rings (SSSR count). The average molecular weight is 414 g/mol. The van der Waals surface area contributed by atoms with Gasteiger partial charge in [-0.2, -0.15) is 0 Å². The number of aliphatic imine (C=N–C) groups is 1. The van der Waals surface area contributed by atoms with E-state index >= 15 is 0 Å². The molecule has 0 bridgehead atoms. The van der Waals surface area contributed by atoms with Crippen molar-refractivity contribution in [3.63, 3.8) is 0 Å². The number of nitrogens with zero attached hydrogens (tertiary/aromatic N) is 4. The molecule has 160 valence electrons. The highest BCUT2D eigenvalue weighted by Gasteiger charge is 2.32. The summed E-state index contributed by atoms with van der Waals surface area (Å²) in [5.41, 5.74) is 6.28. The maximum absolute atomic E-state index is 11.9. The zero-order valence-electron chi connectivity index (χ0n) is 17.8. The summed E-state index contributed by atoms with van der Waals surface area (Å²) in [7, 11) is 5.56. The Balaban J connectivity index is 2.03. The maximum Gasteiger partial charge on any atom is 0.273 e. The van der Waals surface area contributed by atoms with Crippen molar-refractivity contribution in [2.24, 2.45) is 10.7 Å². The van der Waals surface area contributed by atoms with Crippen LogP contribution in [-0.2, 0) is 4.79 Å². The van der Waals surface area contributed by atoms with Gasteiger partial charge in [-0.15, -0.1) is 0 Å². The molecular weight excluding hydrogens is 378 g/mol. The monoisotopic (exact) mass is 413 g/mol. The van der Waals surface area contributed by atoms with Gasteiger partial charge in [-0.3, -0.25) is 15.0 Å². The molecule has 8 nitrogen and oxygen atoms in total. The second kappa shape index (κ2) is 10.4. The molecule has 9 heteroatoms. The lowest BCUT2D eigenvalue weighted by Gasteiger charge is -2.42. The number of nitrogens with one attached hydrogen (secondary N) is 2. The largest absolute Gasteiger partial charge is 0.383 e. The fourth-order valence-electron chi connectivity index (χ4n) is 4.08. The molecule has 0 aromatic rings. The second-order valence-electron chi connectivity index (χ2n) is 7.60. The van der Waals surface area contributed by atoms with Crippen LogP contribution >= 0.6 is 11.6 Å². The Morgan fingerprint density at radius 3 is 2.54 bits per heavy atom. The summed E-state index contributed by atoms with van der Waals surface area (Å²) in [6.07, 6.45) is 3.13. The van der Waals surface area contributed by atoms with Crippen LogP contribution in [0.5, 0.6) is 0 Å². The Bertz CT molecular complexity index is 601. The molecule has 2 atom stereocenters. The molecular formula is C19H36ClN7O. The highest BCUT2D eigenvalue weighted by Crippen LogP contribution is 2.21. The van der Waals surface area contributed by atoms with E-state index in [0.29, 0.717) is 23.1 Å². The van der Waals surface area contributed by atoms with Gasteiger partial charge in [-0.05, 0) is 45.9 Å². The first-order valence-corrected chi connectivity index (χ1v) is 10.6. The van der Waals surface area contributed by atoms with E-state index in [-0.39, 0.29) is 17.8 Å². The van der Waals surface area contributed by atoms with Crippen molar-refractivity contribution in [3.05, 3.63) is 11.5 Å². The van der Waals surface area contributed by atoms with E-state index in [4.69, 9.17) is 17.3 Å². The van der Waals surface area contributed by atoms with E-state index in [1.165, 1.54) is 12.8 Å². The molecule has 4 N–H and O–H groups in total. The number of carbonyl (C=O) groups is 1. The number of hydrogen-bond acceptors (Lipinski definition) is 7. The summed E-state index contributed by atoms with van der Waals surface area (Å²) in [4.78, 5) is 23.0. The lowest BCUT2D eigenvalue weighted by atomic mass is 10.0. The summed E-state index contributed by atoms with van der Waals surface area (Å²) in [5, 5.41) is 6.38. The summed E-state index contributed by atoms with van der Waals surface area (Å²) in [6, 6.07) is 1.02. The first-order chi connectivity index (χ1) is 13.3. The molecule has 0 aliphatic carbocycles. The number of piperidine rings is 1. The van der Waals surface area contributed by atoms with Gasteiger partial charge in [0.05, 0.1) is 0 Å². The summed E-state index contributed by atoms with van der Waals surface area (Å²) in [5.74, 6) is -0.0243. The third-order valence-electron chi connectivity index (χ3n) is 5.91. The van der Waals surface area contributed by atoms with E-state index in [9.17, 15) is 4.79 Å². The van der Waals surface area contributed by atoms with Crippen LogP contribution in [0.4, 0.5) is 0 Å². The zero-order valence-corrected chi connectivity index (χ0v) is 18.6. The molecule has 2 heterocycles. The molecule has 2 aliphatic rings. The minimum absolute atomic E-state index is 0.154. The smallest absolute Gasteiger partial charge is 0.273 e. The van der Waals surface area contributed by atoms with E-state index in [2.05, 4.69) is 46.3 Å². The van der Waals surface area contributed by atoms with E-state index in [0.717, 1.165) is 32.6 Å². The van der Waals surface area contributed by atoms with Crippen molar-refractivity contribution in [2.45, 2.75) is 51.4 Å². The SMILES string of the molecule is CCC(CNC1C(Cl)=NC(C(=O)NC)=C(N)N1C)N(CC)C1CCN(C)CC1. The summed E-state index contributed by atoms with van der Waals surface area (Å²) >= 11 is 6.40. The predicted octanol–water partition coefficient (Wildman–Crippen LogP) is 0.553. The maximum atomic E-state index is 11.9. The van der Waals surface area contributed by atoms with Crippen LogP contribution in [-0.4, -0.2) is 91.3 Å². The highest BCUT2D eigenvalue weighted by molar-refractivity contribution is 6.67. The number of hydrogen-bond donors (Lipinski definition) is 3. The molecule has 2 unspecified atom stereocenters. The first kappa shape index (κ1) is 22.9. The van der Waals surface area contributed by atoms with Crippen LogP contribution in [0.15, 0.2) is 16.5 Å². The summed E-state index contributed by atoms with van der Waals surface area (Å²) < 4.78 is 0. The second-order valence-corrected chi connectivity index (χ2v) is 7.98.